The summed E-state index contributed by atoms with van der Waals surface area (Å²) in [6.07, 6.45) is 0.783. The second-order valence-electron chi connectivity index (χ2n) is 4.55. The molecule has 1 aromatic rings. The fourth-order valence-electron chi connectivity index (χ4n) is 1.74. The first-order valence-electron chi connectivity index (χ1n) is 6.37. The predicted molar refractivity (Wildman–Crippen MR) is 82.2 cm³/mol. The average molecular weight is 317 g/mol. The van der Waals surface area contributed by atoms with Crippen LogP contribution in [0.1, 0.15) is 27.2 Å². The van der Waals surface area contributed by atoms with Crippen molar-refractivity contribution in [2.24, 2.45) is 0 Å². The molecule has 0 bridgehead atoms. The van der Waals surface area contributed by atoms with Gasteiger partial charge in [0.25, 0.3) is 0 Å². The van der Waals surface area contributed by atoms with Gasteiger partial charge in [0.1, 0.15) is 6.54 Å². The Kier molecular flexibility index (Phi) is 6.30. The number of halogens is 2. The fraction of sp³-hybridized carbons (Fsp3) is 0.429. The summed E-state index contributed by atoms with van der Waals surface area (Å²) >= 11 is 11.9. The van der Waals surface area contributed by atoms with Gasteiger partial charge >= 0.3 is 0 Å². The molecule has 1 unspecified atom stereocenters. The van der Waals surface area contributed by atoms with E-state index >= 15 is 0 Å². The summed E-state index contributed by atoms with van der Waals surface area (Å²) in [6.45, 7) is 5.31. The van der Waals surface area contributed by atoms with Gasteiger partial charge in [-0.05, 0) is 25.5 Å². The SMILES string of the molecule is CCC(C)N(CC(=O)Nc1cccc(Cl)c1Cl)C(C)=O. The molecule has 1 aromatic carbocycles. The molecule has 20 heavy (non-hydrogen) atoms. The van der Waals surface area contributed by atoms with Crippen LogP contribution in [-0.2, 0) is 9.59 Å². The lowest BCUT2D eigenvalue weighted by Crippen LogP contribution is -2.42. The van der Waals surface area contributed by atoms with Gasteiger partial charge in [-0.25, -0.2) is 0 Å². The minimum Gasteiger partial charge on any atom is -0.331 e. The van der Waals surface area contributed by atoms with Crippen LogP contribution in [-0.4, -0.2) is 29.3 Å². The van der Waals surface area contributed by atoms with Crippen LogP contribution >= 0.6 is 23.2 Å². The highest BCUT2D eigenvalue weighted by Gasteiger charge is 2.19. The highest BCUT2D eigenvalue weighted by molar-refractivity contribution is 6.44. The summed E-state index contributed by atoms with van der Waals surface area (Å²) in [5.41, 5.74) is 0.442. The zero-order valence-electron chi connectivity index (χ0n) is 11.7. The van der Waals surface area contributed by atoms with Gasteiger partial charge in [0, 0.05) is 13.0 Å². The van der Waals surface area contributed by atoms with E-state index in [9.17, 15) is 9.59 Å². The molecule has 0 aliphatic rings. The van der Waals surface area contributed by atoms with Crippen LogP contribution in [0.25, 0.3) is 0 Å². The zero-order valence-corrected chi connectivity index (χ0v) is 13.3. The van der Waals surface area contributed by atoms with E-state index < -0.39 is 0 Å². The molecule has 1 rings (SSSR count). The van der Waals surface area contributed by atoms with Gasteiger partial charge < -0.3 is 10.2 Å². The molecule has 0 saturated heterocycles. The Morgan fingerprint density at radius 2 is 2.00 bits per heavy atom. The van der Waals surface area contributed by atoms with Crippen molar-refractivity contribution in [2.45, 2.75) is 33.2 Å². The Balaban J connectivity index is 2.76. The molecular formula is C14H18Cl2N2O2. The molecule has 0 aromatic heterocycles. The van der Waals surface area contributed by atoms with Crippen molar-refractivity contribution in [3.63, 3.8) is 0 Å². The Morgan fingerprint density at radius 3 is 2.55 bits per heavy atom. The first-order valence-corrected chi connectivity index (χ1v) is 7.13. The number of carbonyl (C=O) groups excluding carboxylic acids is 2. The molecule has 0 radical (unpaired) electrons. The van der Waals surface area contributed by atoms with Gasteiger partial charge in [0.2, 0.25) is 11.8 Å². The Morgan fingerprint density at radius 1 is 1.35 bits per heavy atom. The minimum atomic E-state index is -0.301. The van der Waals surface area contributed by atoms with Crippen LogP contribution in [0, 0.1) is 0 Å². The second kappa shape index (κ2) is 7.50. The normalized spacial score (nSPS) is 11.8. The van der Waals surface area contributed by atoms with Gasteiger partial charge in [0.15, 0.2) is 0 Å². The predicted octanol–water partition coefficient (Wildman–Crippen LogP) is 3.58. The number of rotatable bonds is 5. The molecule has 2 amide bonds. The van der Waals surface area contributed by atoms with E-state index in [1.54, 1.807) is 18.2 Å². The molecule has 0 saturated carbocycles. The summed E-state index contributed by atoms with van der Waals surface area (Å²) in [5.74, 6) is -0.434. The number of hydrogen-bond acceptors (Lipinski definition) is 2. The highest BCUT2D eigenvalue weighted by atomic mass is 35.5. The van der Waals surface area contributed by atoms with Crippen molar-refractivity contribution in [3.05, 3.63) is 28.2 Å². The van der Waals surface area contributed by atoms with Crippen molar-refractivity contribution >= 4 is 40.7 Å². The smallest absolute Gasteiger partial charge is 0.244 e. The van der Waals surface area contributed by atoms with Crippen LogP contribution in [0.5, 0.6) is 0 Å². The van der Waals surface area contributed by atoms with Gasteiger partial charge in [-0.15, -0.1) is 0 Å². The number of anilines is 1. The van der Waals surface area contributed by atoms with E-state index in [0.29, 0.717) is 15.7 Å². The minimum absolute atomic E-state index is 0.00676. The number of benzene rings is 1. The standard InChI is InChI=1S/C14H18Cl2N2O2/c1-4-9(2)18(10(3)19)8-13(20)17-12-7-5-6-11(15)14(12)16/h5-7,9H,4,8H2,1-3H3,(H,17,20). The van der Waals surface area contributed by atoms with Crippen LogP contribution in [0.3, 0.4) is 0 Å². The molecule has 0 aliphatic carbocycles. The van der Waals surface area contributed by atoms with E-state index in [0.717, 1.165) is 6.42 Å². The lowest BCUT2D eigenvalue weighted by molar-refractivity contribution is -0.134. The number of amides is 2. The van der Waals surface area contributed by atoms with Crippen LogP contribution in [0.4, 0.5) is 5.69 Å². The fourth-order valence-corrected chi connectivity index (χ4v) is 2.09. The Labute approximate surface area is 129 Å². The molecule has 0 spiro atoms. The quantitative estimate of drug-likeness (QED) is 0.902. The third kappa shape index (κ3) is 4.39. The third-order valence-corrected chi connectivity index (χ3v) is 3.89. The topological polar surface area (TPSA) is 49.4 Å². The van der Waals surface area contributed by atoms with Crippen molar-refractivity contribution in [1.82, 2.24) is 4.90 Å². The van der Waals surface area contributed by atoms with E-state index in [2.05, 4.69) is 5.32 Å². The van der Waals surface area contributed by atoms with E-state index in [4.69, 9.17) is 23.2 Å². The van der Waals surface area contributed by atoms with E-state index in [-0.39, 0.29) is 24.4 Å². The second-order valence-corrected chi connectivity index (χ2v) is 5.34. The monoisotopic (exact) mass is 316 g/mol. The van der Waals surface area contributed by atoms with Crippen molar-refractivity contribution in [1.29, 1.82) is 0 Å². The van der Waals surface area contributed by atoms with Crippen LogP contribution < -0.4 is 5.32 Å². The van der Waals surface area contributed by atoms with Gasteiger partial charge in [-0.1, -0.05) is 36.2 Å². The molecule has 4 nitrogen and oxygen atoms in total. The van der Waals surface area contributed by atoms with E-state index in [1.807, 2.05) is 13.8 Å². The van der Waals surface area contributed by atoms with E-state index in [1.165, 1.54) is 11.8 Å². The lowest BCUT2D eigenvalue weighted by atomic mass is 10.2. The summed E-state index contributed by atoms with van der Waals surface area (Å²) in [4.78, 5) is 25.1. The summed E-state index contributed by atoms with van der Waals surface area (Å²) in [7, 11) is 0. The van der Waals surface area contributed by atoms with Crippen molar-refractivity contribution in [3.8, 4) is 0 Å². The zero-order chi connectivity index (χ0) is 15.3. The summed E-state index contributed by atoms with van der Waals surface area (Å²) in [5, 5.41) is 3.33. The lowest BCUT2D eigenvalue weighted by Gasteiger charge is -2.26. The summed E-state index contributed by atoms with van der Waals surface area (Å²) in [6, 6.07) is 5.00. The highest BCUT2D eigenvalue weighted by Crippen LogP contribution is 2.29. The number of carbonyl (C=O) groups is 2. The molecular weight excluding hydrogens is 299 g/mol. The molecule has 1 N–H and O–H groups in total. The van der Waals surface area contributed by atoms with Crippen molar-refractivity contribution in [2.75, 3.05) is 11.9 Å². The van der Waals surface area contributed by atoms with Crippen LogP contribution in [0.2, 0.25) is 10.0 Å². The number of nitrogens with zero attached hydrogens (tertiary/aromatic N) is 1. The first kappa shape index (κ1) is 16.8. The van der Waals surface area contributed by atoms with Gasteiger partial charge in [-0.2, -0.15) is 0 Å². The summed E-state index contributed by atoms with van der Waals surface area (Å²) < 4.78 is 0. The van der Waals surface area contributed by atoms with Gasteiger partial charge in [0.05, 0.1) is 15.7 Å². The number of hydrogen-bond donors (Lipinski definition) is 1. The maximum absolute atomic E-state index is 12.0. The first-order chi connectivity index (χ1) is 9.36. The van der Waals surface area contributed by atoms with Gasteiger partial charge in [-0.3, -0.25) is 9.59 Å². The molecule has 0 heterocycles. The average Bonchev–Trinajstić information content (AvgIpc) is 2.40. The molecule has 6 heteroatoms. The molecule has 0 aliphatic heterocycles. The van der Waals surface area contributed by atoms with Crippen LogP contribution in [0.15, 0.2) is 18.2 Å². The maximum Gasteiger partial charge on any atom is 0.244 e. The largest absolute Gasteiger partial charge is 0.331 e. The Hall–Kier alpha value is -1.26. The molecule has 1 atom stereocenters. The maximum atomic E-state index is 12.0. The number of nitrogens with one attached hydrogen (secondary N) is 1. The molecule has 110 valence electrons. The third-order valence-electron chi connectivity index (χ3n) is 3.07. The Bertz CT molecular complexity index is 506. The van der Waals surface area contributed by atoms with Crippen molar-refractivity contribution < 1.29 is 9.59 Å². The molecule has 0 fully saturated rings.